The fourth-order valence-corrected chi connectivity index (χ4v) is 0.370. The van der Waals surface area contributed by atoms with E-state index in [2.05, 4.69) is 10.5 Å². The lowest BCUT2D eigenvalue weighted by molar-refractivity contribution is -0.141. The number of nitrogens with two attached hydrogens (primary N) is 1. The van der Waals surface area contributed by atoms with Crippen molar-refractivity contribution in [2.75, 3.05) is 7.11 Å². The molecule has 1 amide bonds. The summed E-state index contributed by atoms with van der Waals surface area (Å²) in [6.07, 6.45) is -0.947. The first-order valence-corrected chi connectivity index (χ1v) is 3.46. The molecule has 0 heterocycles. The lowest BCUT2D eigenvalue weighted by atomic mass is 10.1. The number of carbonyl (C=O) groups is 2. The molecule has 0 spiro atoms. The molecule has 0 aliphatic heterocycles. The lowest BCUT2D eigenvalue weighted by Gasteiger charge is -2.12. The van der Waals surface area contributed by atoms with E-state index in [1.54, 1.807) is 0 Å². The average molecular weight is 193 g/mol. The van der Waals surface area contributed by atoms with Gasteiger partial charge in [0, 0.05) is 0 Å². The van der Waals surface area contributed by atoms with Crippen molar-refractivity contribution in [2.24, 2.45) is 5.73 Å². The molecular formula is C7H15NO5. The van der Waals surface area contributed by atoms with E-state index in [1.807, 2.05) is 0 Å². The van der Waals surface area contributed by atoms with Gasteiger partial charge in [-0.15, -0.1) is 0 Å². The highest BCUT2D eigenvalue weighted by molar-refractivity contribution is 5.67. The maximum Gasteiger partial charge on any atom is 0.404 e. The summed E-state index contributed by atoms with van der Waals surface area (Å²) in [5.41, 5.74) is 3.35. The van der Waals surface area contributed by atoms with Gasteiger partial charge in [-0.25, -0.2) is 4.79 Å². The molecule has 6 nitrogen and oxygen atoms in total. The van der Waals surface area contributed by atoms with Gasteiger partial charge in [-0.3, -0.25) is 4.79 Å². The maximum absolute atomic E-state index is 9.85. The number of ether oxygens (including phenoxy) is 1. The predicted molar refractivity (Wildman–Crippen MR) is 45.1 cm³/mol. The van der Waals surface area contributed by atoms with Crippen LogP contribution in [0.2, 0.25) is 0 Å². The average Bonchev–Trinajstić information content (AvgIpc) is 1.83. The van der Waals surface area contributed by atoms with Gasteiger partial charge >= 0.3 is 12.1 Å². The number of carbonyl (C=O) groups excluding carboxylic acids is 1. The molecule has 0 unspecified atom stereocenters. The van der Waals surface area contributed by atoms with E-state index < -0.39 is 17.7 Å². The molecule has 0 atom stereocenters. The van der Waals surface area contributed by atoms with Crippen molar-refractivity contribution >= 4 is 12.1 Å². The van der Waals surface area contributed by atoms with Gasteiger partial charge in [0.25, 0.3) is 0 Å². The molecule has 0 rings (SSSR count). The van der Waals surface area contributed by atoms with Crippen LogP contribution in [0.5, 0.6) is 0 Å². The Bertz CT molecular complexity index is 172. The van der Waals surface area contributed by atoms with Crippen LogP contribution in [0, 0.1) is 0 Å². The van der Waals surface area contributed by atoms with Gasteiger partial charge in [0.1, 0.15) is 0 Å². The number of carboxylic acids is 1. The zero-order valence-electron chi connectivity index (χ0n) is 7.90. The molecule has 0 aliphatic carbocycles. The van der Waals surface area contributed by atoms with Crippen molar-refractivity contribution in [2.45, 2.75) is 25.9 Å². The molecule has 0 radical (unpaired) electrons. The minimum absolute atomic E-state index is 0.201. The number of amides is 1. The van der Waals surface area contributed by atoms with Crippen LogP contribution in [-0.4, -0.2) is 35.0 Å². The highest BCUT2D eigenvalue weighted by Crippen LogP contribution is 2.05. The number of hydrogen-bond donors (Lipinski definition) is 3. The monoisotopic (exact) mass is 193 g/mol. The van der Waals surface area contributed by atoms with Gasteiger partial charge in [0.05, 0.1) is 19.1 Å². The number of aliphatic hydroxyl groups is 1. The summed E-state index contributed by atoms with van der Waals surface area (Å²) in [6.45, 7) is 2.92. The summed E-state index contributed by atoms with van der Waals surface area (Å²) in [4.78, 5) is 19.2. The number of primary amides is 1. The number of methoxy groups -OCH3 is 1. The summed E-state index contributed by atoms with van der Waals surface area (Å²) in [6, 6.07) is 0. The van der Waals surface area contributed by atoms with Crippen molar-refractivity contribution in [3.05, 3.63) is 0 Å². The third-order valence-electron chi connectivity index (χ3n) is 0.785. The second-order valence-corrected chi connectivity index (χ2v) is 2.91. The van der Waals surface area contributed by atoms with Crippen molar-refractivity contribution in [1.29, 1.82) is 0 Å². The van der Waals surface area contributed by atoms with E-state index >= 15 is 0 Å². The molecule has 0 aliphatic rings. The standard InChI is InChI=1S/C5H10O3.C2H5NO2/c1-5(2,8)3-4(6)7;1-5-2(3)4/h8H,3H2,1-2H3,(H,6,7);1H3,(H2,3,4). The molecule has 0 aromatic heterocycles. The Morgan fingerprint density at radius 3 is 1.77 bits per heavy atom. The van der Waals surface area contributed by atoms with Crippen molar-refractivity contribution in [3.8, 4) is 0 Å². The van der Waals surface area contributed by atoms with Gasteiger partial charge in [-0.05, 0) is 13.8 Å². The van der Waals surface area contributed by atoms with Gasteiger partial charge in [-0.1, -0.05) is 0 Å². The zero-order chi connectivity index (χ0) is 11.1. The number of rotatable bonds is 2. The number of aliphatic carboxylic acids is 1. The van der Waals surface area contributed by atoms with Crippen LogP contribution in [0.4, 0.5) is 4.79 Å². The molecule has 0 aromatic carbocycles. The maximum atomic E-state index is 9.85. The Kier molecular flexibility index (Phi) is 6.84. The summed E-state index contributed by atoms with van der Waals surface area (Å²) in [5.74, 6) is -0.975. The summed E-state index contributed by atoms with van der Waals surface area (Å²) < 4.78 is 3.89. The van der Waals surface area contributed by atoms with Crippen LogP contribution in [0.1, 0.15) is 20.3 Å². The van der Waals surface area contributed by atoms with Gasteiger partial charge in [0.15, 0.2) is 0 Å². The third kappa shape index (κ3) is 24.9. The molecule has 6 heteroatoms. The molecule has 0 aromatic rings. The summed E-state index contributed by atoms with van der Waals surface area (Å²) in [7, 11) is 1.22. The molecule has 78 valence electrons. The Labute approximate surface area is 76.3 Å². The van der Waals surface area contributed by atoms with Crippen molar-refractivity contribution in [3.63, 3.8) is 0 Å². The largest absolute Gasteiger partial charge is 0.481 e. The van der Waals surface area contributed by atoms with E-state index in [0.717, 1.165) is 0 Å². The van der Waals surface area contributed by atoms with E-state index in [1.165, 1.54) is 21.0 Å². The van der Waals surface area contributed by atoms with E-state index in [9.17, 15) is 9.59 Å². The highest BCUT2D eigenvalue weighted by atomic mass is 16.5. The molecule has 0 bridgehead atoms. The molecular weight excluding hydrogens is 178 g/mol. The van der Waals surface area contributed by atoms with Crippen LogP contribution in [0.25, 0.3) is 0 Å². The third-order valence-corrected chi connectivity index (χ3v) is 0.785. The first kappa shape index (κ1) is 14.2. The molecule has 13 heavy (non-hydrogen) atoms. The number of hydrogen-bond acceptors (Lipinski definition) is 4. The first-order valence-electron chi connectivity index (χ1n) is 3.46. The second-order valence-electron chi connectivity index (χ2n) is 2.91. The zero-order valence-corrected chi connectivity index (χ0v) is 7.90. The minimum Gasteiger partial charge on any atom is -0.481 e. The highest BCUT2D eigenvalue weighted by Gasteiger charge is 2.16. The van der Waals surface area contributed by atoms with E-state index in [-0.39, 0.29) is 6.42 Å². The van der Waals surface area contributed by atoms with E-state index in [0.29, 0.717) is 0 Å². The van der Waals surface area contributed by atoms with Crippen LogP contribution in [0.3, 0.4) is 0 Å². The van der Waals surface area contributed by atoms with Gasteiger partial charge in [-0.2, -0.15) is 0 Å². The first-order chi connectivity index (χ1) is 5.69. The fraction of sp³-hybridized carbons (Fsp3) is 0.714. The Balaban J connectivity index is 0. The minimum atomic E-state index is -1.08. The SMILES string of the molecule is CC(C)(O)CC(=O)O.COC(N)=O. The molecule has 0 saturated carbocycles. The molecule has 0 saturated heterocycles. The van der Waals surface area contributed by atoms with Crippen LogP contribution in [0.15, 0.2) is 0 Å². The van der Waals surface area contributed by atoms with Crippen LogP contribution >= 0.6 is 0 Å². The fourth-order valence-electron chi connectivity index (χ4n) is 0.370. The van der Waals surface area contributed by atoms with Crippen LogP contribution in [-0.2, 0) is 9.53 Å². The molecule has 0 fully saturated rings. The quantitative estimate of drug-likeness (QED) is 0.569. The normalized spacial score (nSPS) is 9.54. The smallest absolute Gasteiger partial charge is 0.404 e. The Hall–Kier alpha value is -1.30. The summed E-state index contributed by atoms with van der Waals surface area (Å²) in [5, 5.41) is 16.9. The van der Waals surface area contributed by atoms with Crippen LogP contribution < -0.4 is 5.73 Å². The topological polar surface area (TPSA) is 110 Å². The van der Waals surface area contributed by atoms with Crippen molar-refractivity contribution < 1.29 is 24.5 Å². The second kappa shape index (κ2) is 6.24. The lowest BCUT2D eigenvalue weighted by Crippen LogP contribution is -2.22. The predicted octanol–water partition coefficient (Wildman–Crippen LogP) is -0.0565. The Morgan fingerprint density at radius 2 is 1.77 bits per heavy atom. The Morgan fingerprint density at radius 1 is 1.46 bits per heavy atom. The van der Waals surface area contributed by atoms with Crippen molar-refractivity contribution in [1.82, 2.24) is 0 Å². The summed E-state index contributed by atoms with van der Waals surface area (Å²) >= 11 is 0. The molecule has 4 N–H and O–H groups in total. The van der Waals surface area contributed by atoms with Gasteiger partial charge < -0.3 is 20.7 Å². The van der Waals surface area contributed by atoms with Gasteiger partial charge in [0.2, 0.25) is 0 Å². The van der Waals surface area contributed by atoms with E-state index in [4.69, 9.17) is 10.2 Å². The number of carboxylic acid groups (broad SMARTS) is 1.